The molecule has 0 spiro atoms. The normalized spacial score (nSPS) is 11.1. The van der Waals surface area contributed by atoms with E-state index in [0.29, 0.717) is 16.3 Å². The first-order valence-electron chi connectivity index (χ1n) is 9.69. The number of hydrogen-bond acceptors (Lipinski definition) is 4. The summed E-state index contributed by atoms with van der Waals surface area (Å²) in [4.78, 5) is 12.6. The zero-order valence-corrected chi connectivity index (χ0v) is 18.3. The second-order valence-corrected chi connectivity index (χ2v) is 9.09. The maximum Gasteiger partial charge on any atom is 0.255 e. The molecule has 0 aromatic heterocycles. The first-order valence-corrected chi connectivity index (χ1v) is 11.7. The van der Waals surface area contributed by atoms with Gasteiger partial charge in [-0.2, -0.15) is 0 Å². The van der Waals surface area contributed by atoms with Crippen LogP contribution in [0.5, 0.6) is 5.75 Å². The molecule has 2 N–H and O–H groups in total. The van der Waals surface area contributed by atoms with Gasteiger partial charge < -0.3 is 10.1 Å². The Bertz CT molecular complexity index is 1120. The van der Waals surface area contributed by atoms with E-state index in [1.165, 1.54) is 0 Å². The van der Waals surface area contributed by atoms with Gasteiger partial charge in [0.25, 0.3) is 5.91 Å². The van der Waals surface area contributed by atoms with E-state index in [2.05, 4.69) is 10.0 Å². The van der Waals surface area contributed by atoms with Crippen LogP contribution in [0.1, 0.15) is 21.5 Å². The molecule has 162 valence electrons. The molecular weight excluding hydrogens is 436 g/mol. The minimum atomic E-state index is -3.53. The summed E-state index contributed by atoms with van der Waals surface area (Å²) in [6.07, 6.45) is 0. The van der Waals surface area contributed by atoms with Crippen molar-refractivity contribution in [3.05, 3.63) is 101 Å². The van der Waals surface area contributed by atoms with Crippen molar-refractivity contribution in [2.45, 2.75) is 13.2 Å². The van der Waals surface area contributed by atoms with E-state index in [0.717, 1.165) is 11.1 Å². The van der Waals surface area contributed by atoms with Gasteiger partial charge in [-0.15, -0.1) is 0 Å². The number of nitrogens with one attached hydrogen (secondary N) is 2. The van der Waals surface area contributed by atoms with E-state index in [4.69, 9.17) is 16.3 Å². The Balaban J connectivity index is 1.53. The predicted molar refractivity (Wildman–Crippen MR) is 122 cm³/mol. The molecule has 0 unspecified atom stereocenters. The van der Waals surface area contributed by atoms with Crippen molar-refractivity contribution in [1.29, 1.82) is 0 Å². The molecule has 0 radical (unpaired) electrons. The molecule has 6 nitrogen and oxygen atoms in total. The fourth-order valence-electron chi connectivity index (χ4n) is 2.81. The number of hydrogen-bond donors (Lipinski definition) is 2. The van der Waals surface area contributed by atoms with E-state index in [-0.39, 0.29) is 25.4 Å². The lowest BCUT2D eigenvalue weighted by Gasteiger charge is -2.13. The fourth-order valence-corrected chi connectivity index (χ4v) is 3.90. The minimum Gasteiger partial charge on any atom is -0.488 e. The number of ether oxygens (including phenoxy) is 1. The van der Waals surface area contributed by atoms with Gasteiger partial charge in [0.15, 0.2) is 0 Å². The average Bonchev–Trinajstić information content (AvgIpc) is 2.78. The smallest absolute Gasteiger partial charge is 0.255 e. The van der Waals surface area contributed by atoms with Crippen LogP contribution >= 0.6 is 11.6 Å². The first-order chi connectivity index (χ1) is 14.9. The van der Waals surface area contributed by atoms with Crippen LogP contribution in [-0.2, 0) is 23.2 Å². The van der Waals surface area contributed by atoms with Crippen LogP contribution in [0, 0.1) is 0 Å². The Hall–Kier alpha value is -2.87. The van der Waals surface area contributed by atoms with Gasteiger partial charge in [0.05, 0.1) is 11.3 Å². The summed E-state index contributed by atoms with van der Waals surface area (Å²) >= 11 is 6.15. The summed E-state index contributed by atoms with van der Waals surface area (Å²) < 4.78 is 32.7. The SMILES string of the molecule is O=C(NCCS(=O)(=O)NCc1ccccc1)c1ccccc1OCc1ccccc1Cl. The Kier molecular flexibility index (Phi) is 8.06. The molecule has 8 heteroatoms. The highest BCUT2D eigenvalue weighted by atomic mass is 35.5. The summed E-state index contributed by atoms with van der Waals surface area (Å²) in [6, 6.07) is 23.3. The molecule has 0 heterocycles. The Labute approximate surface area is 187 Å². The lowest BCUT2D eigenvalue weighted by Crippen LogP contribution is -2.34. The predicted octanol–water partition coefficient (Wildman–Crippen LogP) is 3.77. The highest BCUT2D eigenvalue weighted by molar-refractivity contribution is 7.89. The highest BCUT2D eigenvalue weighted by Crippen LogP contribution is 2.22. The van der Waals surface area contributed by atoms with Crippen LogP contribution in [0.2, 0.25) is 5.02 Å². The monoisotopic (exact) mass is 458 g/mol. The molecule has 0 aliphatic heterocycles. The number of halogens is 1. The lowest BCUT2D eigenvalue weighted by molar-refractivity contribution is 0.0951. The van der Waals surface area contributed by atoms with Gasteiger partial charge in [-0.05, 0) is 23.8 Å². The second kappa shape index (κ2) is 10.9. The number of amides is 1. The van der Waals surface area contributed by atoms with Crippen LogP contribution in [-0.4, -0.2) is 26.6 Å². The molecule has 0 bridgehead atoms. The van der Waals surface area contributed by atoms with Crippen molar-refractivity contribution in [2.75, 3.05) is 12.3 Å². The van der Waals surface area contributed by atoms with E-state index in [9.17, 15) is 13.2 Å². The topological polar surface area (TPSA) is 84.5 Å². The lowest BCUT2D eigenvalue weighted by atomic mass is 10.2. The molecule has 3 aromatic carbocycles. The molecule has 0 saturated carbocycles. The zero-order chi connectivity index (χ0) is 22.1. The summed E-state index contributed by atoms with van der Waals surface area (Å²) in [5.41, 5.74) is 1.99. The van der Waals surface area contributed by atoms with Crippen molar-refractivity contribution < 1.29 is 17.9 Å². The van der Waals surface area contributed by atoms with E-state index < -0.39 is 15.9 Å². The van der Waals surface area contributed by atoms with Gasteiger partial charge in [-0.1, -0.05) is 72.3 Å². The Morgan fingerprint density at radius 3 is 2.35 bits per heavy atom. The van der Waals surface area contributed by atoms with Gasteiger partial charge in [0, 0.05) is 23.7 Å². The van der Waals surface area contributed by atoms with Crippen LogP contribution in [0.3, 0.4) is 0 Å². The number of benzene rings is 3. The van der Waals surface area contributed by atoms with Gasteiger partial charge in [-0.3, -0.25) is 4.79 Å². The molecule has 1 amide bonds. The van der Waals surface area contributed by atoms with Crippen molar-refractivity contribution >= 4 is 27.5 Å². The maximum absolute atomic E-state index is 12.6. The number of para-hydroxylation sites is 1. The van der Waals surface area contributed by atoms with Gasteiger partial charge >= 0.3 is 0 Å². The van der Waals surface area contributed by atoms with Crippen molar-refractivity contribution in [3.63, 3.8) is 0 Å². The molecule has 0 aliphatic carbocycles. The van der Waals surface area contributed by atoms with Crippen LogP contribution in [0.15, 0.2) is 78.9 Å². The second-order valence-electron chi connectivity index (χ2n) is 6.76. The van der Waals surface area contributed by atoms with Crippen LogP contribution < -0.4 is 14.8 Å². The third-order valence-electron chi connectivity index (χ3n) is 4.47. The molecule has 0 atom stereocenters. The zero-order valence-electron chi connectivity index (χ0n) is 16.8. The summed E-state index contributed by atoms with van der Waals surface area (Å²) in [5, 5.41) is 3.22. The Morgan fingerprint density at radius 1 is 0.903 bits per heavy atom. The molecular formula is C23H23ClN2O4S. The summed E-state index contributed by atoms with van der Waals surface area (Å²) in [5.74, 6) is -0.244. The van der Waals surface area contributed by atoms with Crippen LogP contribution in [0.25, 0.3) is 0 Å². The quantitative estimate of drug-likeness (QED) is 0.484. The van der Waals surface area contributed by atoms with Crippen molar-refractivity contribution in [3.8, 4) is 5.75 Å². The highest BCUT2D eigenvalue weighted by Gasteiger charge is 2.15. The molecule has 3 aromatic rings. The molecule has 3 rings (SSSR count). The molecule has 0 fully saturated rings. The van der Waals surface area contributed by atoms with Gasteiger partial charge in [-0.25, -0.2) is 13.1 Å². The van der Waals surface area contributed by atoms with Gasteiger partial charge in [0.1, 0.15) is 12.4 Å². The van der Waals surface area contributed by atoms with E-state index >= 15 is 0 Å². The van der Waals surface area contributed by atoms with Crippen molar-refractivity contribution in [2.24, 2.45) is 0 Å². The first kappa shape index (κ1) is 22.8. The molecule has 31 heavy (non-hydrogen) atoms. The van der Waals surface area contributed by atoms with Gasteiger partial charge in [0.2, 0.25) is 10.0 Å². The third kappa shape index (κ3) is 7.10. The average molecular weight is 459 g/mol. The molecule has 0 aliphatic rings. The summed E-state index contributed by atoms with van der Waals surface area (Å²) in [6.45, 7) is 0.388. The number of sulfonamides is 1. The minimum absolute atomic E-state index is 0.0260. The van der Waals surface area contributed by atoms with E-state index in [1.54, 1.807) is 30.3 Å². The number of rotatable bonds is 10. The fraction of sp³-hybridized carbons (Fsp3) is 0.174. The number of carbonyl (C=O) groups excluding carboxylic acids is 1. The summed E-state index contributed by atoms with van der Waals surface area (Å²) in [7, 11) is -3.53. The molecule has 0 saturated heterocycles. The Morgan fingerprint density at radius 2 is 1.58 bits per heavy atom. The van der Waals surface area contributed by atoms with E-state index in [1.807, 2.05) is 48.5 Å². The van der Waals surface area contributed by atoms with Crippen molar-refractivity contribution in [1.82, 2.24) is 10.0 Å². The van der Waals surface area contributed by atoms with Crippen LogP contribution in [0.4, 0.5) is 0 Å². The standard InChI is InChI=1S/C23H23ClN2O4S/c24-21-12-6-4-10-19(21)17-30-22-13-7-5-11-20(22)23(27)25-14-15-31(28,29)26-16-18-8-2-1-3-9-18/h1-13,26H,14-17H2,(H,25,27). The third-order valence-corrected chi connectivity index (χ3v) is 6.16. The largest absolute Gasteiger partial charge is 0.488 e. The maximum atomic E-state index is 12.6. The number of carbonyl (C=O) groups is 1.